The zero-order chi connectivity index (χ0) is 21.1. The summed E-state index contributed by atoms with van der Waals surface area (Å²) in [6.07, 6.45) is 1.65. The lowest BCUT2D eigenvalue weighted by Crippen LogP contribution is -2.24. The van der Waals surface area contributed by atoms with E-state index in [2.05, 4.69) is 31.4 Å². The lowest BCUT2D eigenvalue weighted by Gasteiger charge is -2.10. The summed E-state index contributed by atoms with van der Waals surface area (Å²) in [5.74, 6) is -0.0405. The molecule has 2 amide bonds. The Morgan fingerprint density at radius 1 is 1.17 bits per heavy atom. The first-order valence-electron chi connectivity index (χ1n) is 8.74. The minimum absolute atomic E-state index is 0.158. The van der Waals surface area contributed by atoms with Crippen molar-refractivity contribution in [1.29, 1.82) is 0 Å². The molecule has 0 fully saturated rings. The van der Waals surface area contributed by atoms with Crippen molar-refractivity contribution < 1.29 is 14.3 Å². The highest BCUT2D eigenvalue weighted by molar-refractivity contribution is 9.10. The van der Waals surface area contributed by atoms with Crippen LogP contribution >= 0.6 is 15.9 Å². The van der Waals surface area contributed by atoms with Crippen LogP contribution in [0.3, 0.4) is 0 Å². The number of nitrogens with zero attached hydrogens (tertiary/aromatic N) is 5. The molecule has 9 nitrogen and oxygen atoms in total. The third kappa shape index (κ3) is 4.65. The number of aryl methyl sites for hydroxylation is 1. The molecule has 10 heteroatoms. The summed E-state index contributed by atoms with van der Waals surface area (Å²) >= 11 is 3.37. The summed E-state index contributed by atoms with van der Waals surface area (Å²) in [6.45, 7) is 1.94. The van der Waals surface area contributed by atoms with E-state index in [1.165, 1.54) is 9.58 Å². The van der Waals surface area contributed by atoms with Gasteiger partial charge in [-0.3, -0.25) is 14.3 Å². The highest BCUT2D eigenvalue weighted by Gasteiger charge is 2.23. The normalized spacial score (nSPS) is 10.7. The number of amides is 2. The molecule has 0 saturated heterocycles. The molecule has 1 N–H and O–H groups in total. The molecule has 1 aromatic carbocycles. The second kappa shape index (κ2) is 8.48. The van der Waals surface area contributed by atoms with Crippen molar-refractivity contribution in [3.05, 3.63) is 58.1 Å². The molecule has 152 valence electrons. The van der Waals surface area contributed by atoms with E-state index in [9.17, 15) is 9.59 Å². The smallest absolute Gasteiger partial charge is 0.276 e. The molecule has 3 aromatic rings. The molecular formula is C19H21BrN6O3. The fourth-order valence-corrected chi connectivity index (χ4v) is 2.79. The van der Waals surface area contributed by atoms with E-state index in [0.29, 0.717) is 17.1 Å². The number of ether oxygens (including phenoxy) is 1. The Morgan fingerprint density at radius 2 is 1.86 bits per heavy atom. The Balaban J connectivity index is 1.71. The van der Waals surface area contributed by atoms with E-state index >= 15 is 0 Å². The Hall–Kier alpha value is -3.14. The van der Waals surface area contributed by atoms with E-state index in [1.54, 1.807) is 45.0 Å². The van der Waals surface area contributed by atoms with Crippen molar-refractivity contribution in [3.8, 4) is 5.75 Å². The molecule has 0 spiro atoms. The van der Waals surface area contributed by atoms with Crippen molar-refractivity contribution in [3.63, 3.8) is 0 Å². The second-order valence-electron chi connectivity index (χ2n) is 6.55. The zero-order valence-electron chi connectivity index (χ0n) is 16.5. The summed E-state index contributed by atoms with van der Waals surface area (Å²) < 4.78 is 9.67. The number of carbonyl (C=O) groups is 2. The fraction of sp³-hybridized carbons (Fsp3) is 0.263. The van der Waals surface area contributed by atoms with Crippen LogP contribution in [0.1, 0.15) is 26.7 Å². The molecule has 2 heterocycles. The van der Waals surface area contributed by atoms with Gasteiger partial charge in [0.1, 0.15) is 5.75 Å². The van der Waals surface area contributed by atoms with E-state index in [1.807, 2.05) is 24.3 Å². The van der Waals surface area contributed by atoms with Gasteiger partial charge in [-0.25, -0.2) is 4.68 Å². The molecule has 0 atom stereocenters. The number of rotatable bonds is 6. The molecule has 0 aliphatic heterocycles. The number of aromatic nitrogens is 4. The summed E-state index contributed by atoms with van der Waals surface area (Å²) in [7, 11) is 4.97. The van der Waals surface area contributed by atoms with Crippen LogP contribution in [0.25, 0.3) is 0 Å². The summed E-state index contributed by atoms with van der Waals surface area (Å²) in [6, 6.07) is 8.99. The second-order valence-corrected chi connectivity index (χ2v) is 7.47. The third-order valence-corrected chi connectivity index (χ3v) is 4.76. The number of halogens is 1. The van der Waals surface area contributed by atoms with Crippen LogP contribution in [0.4, 0.5) is 5.69 Å². The molecule has 2 aromatic heterocycles. The number of carbonyl (C=O) groups excluding carboxylic acids is 2. The van der Waals surface area contributed by atoms with E-state index < -0.39 is 5.91 Å². The van der Waals surface area contributed by atoms with Gasteiger partial charge in [0.2, 0.25) is 0 Å². The molecule has 0 unspecified atom stereocenters. The Bertz CT molecular complexity index is 1040. The van der Waals surface area contributed by atoms with Crippen LogP contribution in [0.5, 0.6) is 5.75 Å². The van der Waals surface area contributed by atoms with Gasteiger partial charge in [-0.15, -0.1) is 0 Å². The van der Waals surface area contributed by atoms with E-state index in [-0.39, 0.29) is 24.0 Å². The average molecular weight is 461 g/mol. The lowest BCUT2D eigenvalue weighted by atomic mass is 10.2. The summed E-state index contributed by atoms with van der Waals surface area (Å²) in [5.41, 5.74) is 1.43. The quantitative estimate of drug-likeness (QED) is 0.609. The van der Waals surface area contributed by atoms with Gasteiger partial charge in [0.15, 0.2) is 18.1 Å². The Morgan fingerprint density at radius 3 is 2.52 bits per heavy atom. The van der Waals surface area contributed by atoms with E-state index in [0.717, 1.165) is 4.47 Å². The molecule has 29 heavy (non-hydrogen) atoms. The predicted octanol–water partition coefficient (Wildman–Crippen LogP) is 2.68. The predicted molar refractivity (Wildman–Crippen MR) is 111 cm³/mol. The first kappa shape index (κ1) is 20.6. The highest BCUT2D eigenvalue weighted by Crippen LogP contribution is 2.21. The van der Waals surface area contributed by atoms with Crippen LogP contribution in [0.2, 0.25) is 0 Å². The number of hydrogen-bond acceptors (Lipinski definition) is 5. The molecule has 3 rings (SSSR count). The van der Waals surface area contributed by atoms with Gasteiger partial charge in [-0.05, 0) is 37.3 Å². The van der Waals surface area contributed by atoms with Crippen LogP contribution in [-0.4, -0.2) is 50.4 Å². The van der Waals surface area contributed by atoms with Crippen molar-refractivity contribution in [2.45, 2.75) is 13.7 Å². The first-order valence-corrected chi connectivity index (χ1v) is 9.54. The van der Waals surface area contributed by atoms with Crippen molar-refractivity contribution in [2.24, 2.45) is 7.05 Å². The van der Waals surface area contributed by atoms with Gasteiger partial charge in [-0.2, -0.15) is 10.2 Å². The molecule has 0 aliphatic rings. The monoisotopic (exact) mass is 460 g/mol. The average Bonchev–Trinajstić information content (AvgIpc) is 3.27. The van der Waals surface area contributed by atoms with Crippen LogP contribution in [-0.2, 0) is 13.8 Å². The van der Waals surface area contributed by atoms with Crippen LogP contribution < -0.4 is 10.1 Å². The molecule has 0 aliphatic carbocycles. The van der Waals surface area contributed by atoms with Crippen LogP contribution in [0, 0.1) is 6.92 Å². The van der Waals surface area contributed by atoms with Crippen molar-refractivity contribution >= 4 is 33.4 Å². The number of benzene rings is 1. The van der Waals surface area contributed by atoms with Crippen molar-refractivity contribution in [1.82, 2.24) is 24.5 Å². The molecule has 0 bridgehead atoms. The van der Waals surface area contributed by atoms with Crippen LogP contribution in [0.15, 0.2) is 41.0 Å². The van der Waals surface area contributed by atoms with Gasteiger partial charge < -0.3 is 15.0 Å². The number of anilines is 1. The van der Waals surface area contributed by atoms with Gasteiger partial charge in [-0.1, -0.05) is 15.9 Å². The SMILES string of the molecule is Cc1c(NC(=O)c2ccn(COc3ccc(Br)cc3)n2)c(C(=O)N(C)C)nn1C. The largest absolute Gasteiger partial charge is 0.471 e. The number of hydrogen-bond donors (Lipinski definition) is 1. The topological polar surface area (TPSA) is 94.3 Å². The van der Waals surface area contributed by atoms with Gasteiger partial charge in [0.25, 0.3) is 11.8 Å². The minimum Gasteiger partial charge on any atom is -0.471 e. The van der Waals surface area contributed by atoms with Gasteiger partial charge in [0.05, 0.1) is 11.4 Å². The third-order valence-electron chi connectivity index (χ3n) is 4.23. The summed E-state index contributed by atoms with van der Waals surface area (Å²) in [4.78, 5) is 26.4. The minimum atomic E-state index is -0.434. The standard InChI is InChI=1S/C19H21BrN6O3/c1-12-16(17(23-25(12)4)19(28)24(2)3)21-18(27)15-9-10-26(22-15)11-29-14-7-5-13(20)6-8-14/h5-10H,11H2,1-4H3,(H,21,27). The maximum Gasteiger partial charge on any atom is 0.276 e. The maximum atomic E-state index is 12.7. The van der Waals surface area contributed by atoms with Gasteiger partial charge in [0, 0.05) is 31.8 Å². The highest BCUT2D eigenvalue weighted by atomic mass is 79.9. The maximum absolute atomic E-state index is 12.7. The molecular weight excluding hydrogens is 440 g/mol. The molecule has 0 radical (unpaired) electrons. The Labute approximate surface area is 176 Å². The zero-order valence-corrected chi connectivity index (χ0v) is 18.1. The Kier molecular flexibility index (Phi) is 6.02. The lowest BCUT2D eigenvalue weighted by molar-refractivity contribution is 0.0822. The summed E-state index contributed by atoms with van der Waals surface area (Å²) in [5, 5.41) is 11.2. The van der Waals surface area contributed by atoms with Crippen molar-refractivity contribution in [2.75, 3.05) is 19.4 Å². The first-order chi connectivity index (χ1) is 13.8. The fourth-order valence-electron chi connectivity index (χ4n) is 2.52. The molecule has 0 saturated carbocycles. The number of nitrogens with one attached hydrogen (secondary N) is 1. The van der Waals surface area contributed by atoms with Gasteiger partial charge >= 0.3 is 0 Å². The van der Waals surface area contributed by atoms with E-state index in [4.69, 9.17) is 4.74 Å².